The molecule has 11 nitrogen and oxygen atoms in total. The zero-order valence-electron chi connectivity index (χ0n) is 23.6. The fourth-order valence-electron chi connectivity index (χ4n) is 3.76. The van der Waals surface area contributed by atoms with E-state index in [1.165, 1.54) is 12.4 Å². The van der Waals surface area contributed by atoms with E-state index < -0.39 is 0 Å². The van der Waals surface area contributed by atoms with Crippen molar-refractivity contribution in [2.45, 2.75) is 0 Å². The second kappa shape index (κ2) is 14.3. The van der Waals surface area contributed by atoms with Crippen molar-refractivity contribution in [1.29, 1.82) is 5.41 Å². The summed E-state index contributed by atoms with van der Waals surface area (Å²) >= 11 is 0. The molecule has 0 saturated carbocycles. The number of benzene rings is 2. The van der Waals surface area contributed by atoms with E-state index in [0.717, 1.165) is 30.0 Å². The Labute approximate surface area is 235 Å². The van der Waals surface area contributed by atoms with Gasteiger partial charge in [-0.05, 0) is 44.6 Å². The average Bonchev–Trinajstić information content (AvgIpc) is 2.95. The van der Waals surface area contributed by atoms with E-state index in [2.05, 4.69) is 47.6 Å². The molecule has 5 N–H and O–H groups in total. The lowest BCUT2D eigenvalue weighted by molar-refractivity contribution is -0.111. The maximum Gasteiger partial charge on any atom is 0.247 e. The fourth-order valence-corrected chi connectivity index (χ4v) is 3.76. The van der Waals surface area contributed by atoms with Crippen molar-refractivity contribution >= 4 is 46.0 Å². The van der Waals surface area contributed by atoms with Crippen molar-refractivity contribution in [2.24, 2.45) is 0 Å². The number of aromatic nitrogens is 2. The molecule has 1 heterocycles. The summed E-state index contributed by atoms with van der Waals surface area (Å²) in [4.78, 5) is 25.1. The molecule has 1 amide bonds. The van der Waals surface area contributed by atoms with Crippen molar-refractivity contribution < 1.29 is 9.53 Å². The Bertz CT molecular complexity index is 1370. The van der Waals surface area contributed by atoms with E-state index in [1.54, 1.807) is 32.5 Å². The number of amides is 1. The Morgan fingerprint density at radius 2 is 1.73 bits per heavy atom. The summed E-state index contributed by atoms with van der Waals surface area (Å²) in [6, 6.07) is 13.0. The first kappa shape index (κ1) is 29.7. The molecule has 1 aromatic heterocycles. The third-order valence-electron chi connectivity index (χ3n) is 5.88. The first-order chi connectivity index (χ1) is 19.2. The van der Waals surface area contributed by atoms with Gasteiger partial charge in [-0.15, -0.1) is 0 Å². The third-order valence-corrected chi connectivity index (χ3v) is 5.88. The van der Waals surface area contributed by atoms with Crippen molar-refractivity contribution in [1.82, 2.24) is 20.2 Å². The first-order valence-electron chi connectivity index (χ1n) is 12.6. The maximum atomic E-state index is 12.2. The van der Waals surface area contributed by atoms with Crippen LogP contribution in [-0.2, 0) is 4.79 Å². The quantitative estimate of drug-likeness (QED) is 0.150. The van der Waals surface area contributed by atoms with E-state index in [1.807, 2.05) is 57.5 Å². The number of hydrogen-bond donors (Lipinski definition) is 5. The Morgan fingerprint density at radius 1 is 1.02 bits per heavy atom. The lowest BCUT2D eigenvalue weighted by atomic mass is 10.1. The van der Waals surface area contributed by atoms with E-state index in [4.69, 9.17) is 10.1 Å². The van der Waals surface area contributed by atoms with Crippen LogP contribution in [0.5, 0.6) is 5.75 Å². The Hall–Kier alpha value is -4.90. The van der Waals surface area contributed by atoms with Crippen LogP contribution in [0, 0.1) is 5.41 Å². The highest BCUT2D eigenvalue weighted by Crippen LogP contribution is 2.38. The number of nitrogens with zero attached hydrogens (tertiary/aromatic N) is 4. The predicted molar refractivity (Wildman–Crippen MR) is 164 cm³/mol. The molecule has 0 spiro atoms. The number of likely N-dealkylation sites (N-methyl/N-ethyl adjacent to an activating group) is 2. The number of rotatable bonds is 14. The standard InChI is InChI=1S/C29H37N9O2/c1-7-29(39)36-23-16-24(26(40-6)17-25(23)38(5)15-14-37(3)4)35-28-18-27(32-19-33-28)34-22-11-9-8-10-20(22)21(30)12-13-31-2/h7-13,16-19,30-31H,1,14-15H2,2-6H3,(H,36,39)(H2,32,33,34,35)/b13-12-,30-21?. The minimum Gasteiger partial charge on any atom is -0.494 e. The number of hydrogen-bond acceptors (Lipinski definition) is 10. The van der Waals surface area contributed by atoms with Crippen molar-refractivity contribution in [3.05, 3.63) is 79.3 Å². The van der Waals surface area contributed by atoms with E-state index >= 15 is 0 Å². The van der Waals surface area contributed by atoms with Crippen molar-refractivity contribution in [3.8, 4) is 5.75 Å². The molecular formula is C29H37N9O2. The number of nitrogens with one attached hydrogen (secondary N) is 5. The van der Waals surface area contributed by atoms with Gasteiger partial charge in [0.05, 0.1) is 29.9 Å². The van der Waals surface area contributed by atoms with Gasteiger partial charge in [-0.1, -0.05) is 24.8 Å². The van der Waals surface area contributed by atoms with Gasteiger partial charge in [-0.25, -0.2) is 9.97 Å². The summed E-state index contributed by atoms with van der Waals surface area (Å²) in [6.45, 7) is 5.15. The zero-order chi connectivity index (χ0) is 29.1. The van der Waals surface area contributed by atoms with Gasteiger partial charge in [0.1, 0.15) is 23.7 Å². The summed E-state index contributed by atoms with van der Waals surface area (Å²) < 4.78 is 5.69. The van der Waals surface area contributed by atoms with Crippen molar-refractivity contribution in [2.75, 3.05) is 69.2 Å². The summed E-state index contributed by atoms with van der Waals surface area (Å²) in [5.74, 6) is 1.30. The van der Waals surface area contributed by atoms with Gasteiger partial charge in [-0.3, -0.25) is 4.79 Å². The van der Waals surface area contributed by atoms with Gasteiger partial charge < -0.3 is 41.2 Å². The van der Waals surface area contributed by atoms with Gasteiger partial charge in [0, 0.05) is 50.6 Å². The molecule has 3 rings (SSSR count). The van der Waals surface area contributed by atoms with Gasteiger partial charge >= 0.3 is 0 Å². The molecule has 0 aliphatic heterocycles. The topological polar surface area (TPSA) is 131 Å². The van der Waals surface area contributed by atoms with Crippen LogP contribution < -0.4 is 30.9 Å². The van der Waals surface area contributed by atoms with Crippen LogP contribution in [0.3, 0.4) is 0 Å². The smallest absolute Gasteiger partial charge is 0.247 e. The van der Waals surface area contributed by atoms with Gasteiger partial charge in [0.25, 0.3) is 0 Å². The predicted octanol–water partition coefficient (Wildman–Crippen LogP) is 4.20. The van der Waals surface area contributed by atoms with Crippen LogP contribution in [0.2, 0.25) is 0 Å². The van der Waals surface area contributed by atoms with E-state index in [-0.39, 0.29) is 5.91 Å². The fraction of sp³-hybridized carbons (Fsp3) is 0.241. The number of methoxy groups -OCH3 is 1. The zero-order valence-corrected chi connectivity index (χ0v) is 23.6. The van der Waals surface area contributed by atoms with Gasteiger partial charge in [-0.2, -0.15) is 0 Å². The Balaban J connectivity index is 1.92. The second-order valence-corrected chi connectivity index (χ2v) is 9.11. The molecule has 0 bridgehead atoms. The van der Waals surface area contributed by atoms with Gasteiger partial charge in [0.15, 0.2) is 0 Å². The SMILES string of the molecule is C=CC(=O)Nc1cc(Nc2cc(Nc3ccccc3C(=N)/C=C\NC)ncn2)c(OC)cc1N(C)CCN(C)C. The Morgan fingerprint density at radius 3 is 2.38 bits per heavy atom. The van der Waals surface area contributed by atoms with E-state index in [0.29, 0.717) is 34.5 Å². The van der Waals surface area contributed by atoms with Crippen LogP contribution in [0.1, 0.15) is 5.56 Å². The van der Waals surface area contributed by atoms with Gasteiger partial charge in [0.2, 0.25) is 5.91 Å². The number of para-hydroxylation sites is 1. The highest BCUT2D eigenvalue weighted by Gasteiger charge is 2.16. The average molecular weight is 544 g/mol. The molecule has 0 radical (unpaired) electrons. The second-order valence-electron chi connectivity index (χ2n) is 9.11. The van der Waals surface area contributed by atoms with Crippen molar-refractivity contribution in [3.63, 3.8) is 0 Å². The summed E-state index contributed by atoms with van der Waals surface area (Å²) in [6.07, 6.45) is 6.06. The van der Waals surface area contributed by atoms with Crippen LogP contribution >= 0.6 is 0 Å². The molecule has 0 saturated heterocycles. The molecule has 2 aromatic carbocycles. The molecule has 0 aliphatic carbocycles. The molecule has 11 heteroatoms. The molecule has 0 fully saturated rings. The minimum atomic E-state index is -0.319. The molecule has 40 heavy (non-hydrogen) atoms. The highest BCUT2D eigenvalue weighted by molar-refractivity contribution is 6.10. The highest BCUT2D eigenvalue weighted by atomic mass is 16.5. The number of carbonyl (C=O) groups is 1. The molecule has 0 unspecified atom stereocenters. The molecule has 210 valence electrons. The lowest BCUT2D eigenvalue weighted by Crippen LogP contribution is -2.29. The van der Waals surface area contributed by atoms with Crippen LogP contribution in [0.25, 0.3) is 0 Å². The monoisotopic (exact) mass is 543 g/mol. The maximum absolute atomic E-state index is 12.2. The minimum absolute atomic E-state index is 0.319. The number of carbonyl (C=O) groups excluding carboxylic acids is 1. The van der Waals surface area contributed by atoms with Crippen LogP contribution in [-0.4, -0.2) is 74.9 Å². The number of anilines is 6. The van der Waals surface area contributed by atoms with E-state index in [9.17, 15) is 4.79 Å². The lowest BCUT2D eigenvalue weighted by Gasteiger charge is -2.26. The summed E-state index contributed by atoms with van der Waals surface area (Å²) in [5, 5.41) is 20.7. The molecule has 0 atom stereocenters. The molecular weight excluding hydrogens is 506 g/mol. The summed E-state index contributed by atoms with van der Waals surface area (Å²) in [5.41, 5.74) is 3.81. The van der Waals surface area contributed by atoms with Crippen LogP contribution in [0.4, 0.5) is 34.4 Å². The molecule has 0 aliphatic rings. The molecule has 3 aromatic rings. The normalized spacial score (nSPS) is 10.8. The third kappa shape index (κ3) is 8.05. The number of ether oxygens (including phenoxy) is 1. The Kier molecular flexibility index (Phi) is 10.6. The van der Waals surface area contributed by atoms with Crippen LogP contribution in [0.15, 0.2) is 73.7 Å². The largest absolute Gasteiger partial charge is 0.494 e. The summed E-state index contributed by atoms with van der Waals surface area (Å²) in [7, 11) is 9.36. The first-order valence-corrected chi connectivity index (χ1v) is 12.6. The number of allylic oxidation sites excluding steroid dienone is 1.